The first-order chi connectivity index (χ1) is 20.5. The molecule has 1 amide bonds. The Bertz CT molecular complexity index is 1400. The molecule has 3 unspecified atom stereocenters. The van der Waals surface area contributed by atoms with Crippen molar-refractivity contribution < 1.29 is 37.0 Å². The third-order valence-corrected chi connectivity index (χ3v) is 11.8. The highest BCUT2D eigenvalue weighted by Gasteiger charge is 2.72. The monoisotopic (exact) mass is 599 g/mol. The Morgan fingerprint density at radius 2 is 1.93 bits per heavy atom. The van der Waals surface area contributed by atoms with E-state index in [1.807, 2.05) is 6.08 Å². The van der Waals surface area contributed by atoms with Crippen molar-refractivity contribution in [2.45, 2.75) is 95.0 Å². The van der Waals surface area contributed by atoms with Crippen LogP contribution in [0.3, 0.4) is 0 Å². The molecule has 7 rings (SSSR count). The van der Waals surface area contributed by atoms with Crippen LogP contribution in [0.15, 0.2) is 59.2 Å². The van der Waals surface area contributed by atoms with Gasteiger partial charge in [0.1, 0.15) is 11.9 Å². The fraction of sp³-hybridized carbons (Fsp3) is 0.618. The second kappa shape index (κ2) is 9.94. The zero-order valence-corrected chi connectivity index (χ0v) is 25.1. The van der Waals surface area contributed by atoms with Crippen LogP contribution in [0.1, 0.15) is 64.4 Å². The summed E-state index contributed by atoms with van der Waals surface area (Å²) in [5.74, 6) is -1.34. The first-order valence-corrected chi connectivity index (χ1v) is 15.8. The summed E-state index contributed by atoms with van der Waals surface area (Å²) < 4.78 is 57.0. The van der Waals surface area contributed by atoms with Crippen molar-refractivity contribution >= 4 is 11.7 Å². The van der Waals surface area contributed by atoms with E-state index >= 15 is 0 Å². The molecule has 2 heterocycles. The zero-order chi connectivity index (χ0) is 30.4. The summed E-state index contributed by atoms with van der Waals surface area (Å²) in [7, 11) is 1.40. The number of alkyl halides is 3. The molecule has 232 valence electrons. The van der Waals surface area contributed by atoms with Gasteiger partial charge >= 0.3 is 6.18 Å². The van der Waals surface area contributed by atoms with Crippen LogP contribution in [0.2, 0.25) is 0 Å². The van der Waals surface area contributed by atoms with Crippen LogP contribution in [0, 0.1) is 17.3 Å². The van der Waals surface area contributed by atoms with E-state index < -0.39 is 35.2 Å². The number of hydrogen-bond acceptors (Lipinski definition) is 4. The number of carbonyl (C=O) groups excluding carboxylic acids is 1. The molecule has 2 aliphatic heterocycles. The summed E-state index contributed by atoms with van der Waals surface area (Å²) in [6, 6.07) is 8.31. The minimum absolute atomic E-state index is 0.0685. The van der Waals surface area contributed by atoms with Gasteiger partial charge in [0.25, 0.3) is 5.91 Å². The zero-order valence-electron chi connectivity index (χ0n) is 25.1. The molecule has 7 atom stereocenters. The number of amides is 1. The molecule has 43 heavy (non-hydrogen) atoms. The quantitative estimate of drug-likeness (QED) is 0.169. The number of piperidine rings is 1. The molecule has 6 aliphatic rings. The van der Waals surface area contributed by atoms with Crippen molar-refractivity contribution in [3.05, 3.63) is 64.8 Å². The molecule has 4 fully saturated rings. The van der Waals surface area contributed by atoms with Crippen LogP contribution in [0.5, 0.6) is 0 Å². The molecule has 2 N–H and O–H groups in total. The van der Waals surface area contributed by atoms with E-state index in [1.165, 1.54) is 56.3 Å². The standard InChI is InChI=1S/C34H41F3N2O4/c1-20(2)39(19-21-12-13-21)17-16-32-24-10-7-11-26(32)43-30-27(32)23(18-25(24)39)14-15-33(30,42-3)38-31(41)28(34(35,36)37)29(40)22-8-5-4-6-9-22/h4-6,8-9,14-15,20-21,24-26,30H,7,10-13,16-19H2,1-3H3,(H-,38,40,41)/p+1/t24-,25+,26-,30?,32+,33?,39?/m0/s1. The van der Waals surface area contributed by atoms with Crippen molar-refractivity contribution in [1.29, 1.82) is 0 Å². The van der Waals surface area contributed by atoms with E-state index in [9.17, 15) is 23.1 Å². The maximum absolute atomic E-state index is 14.3. The summed E-state index contributed by atoms with van der Waals surface area (Å²) >= 11 is 0. The number of ether oxygens (including phenoxy) is 2. The number of quaternary nitrogens is 1. The largest absolute Gasteiger partial charge is 0.506 e. The molecular weight excluding hydrogens is 557 g/mol. The minimum Gasteiger partial charge on any atom is -0.506 e. The number of nitrogens with one attached hydrogen (secondary N) is 1. The van der Waals surface area contributed by atoms with Crippen LogP contribution >= 0.6 is 0 Å². The van der Waals surface area contributed by atoms with Gasteiger partial charge in [0, 0.05) is 42.8 Å². The van der Waals surface area contributed by atoms with E-state index in [-0.39, 0.29) is 17.1 Å². The lowest BCUT2D eigenvalue weighted by atomic mass is 9.49. The molecule has 1 aromatic rings. The first-order valence-electron chi connectivity index (χ1n) is 15.8. The van der Waals surface area contributed by atoms with Crippen LogP contribution in [0.4, 0.5) is 13.2 Å². The molecule has 1 spiro atoms. The van der Waals surface area contributed by atoms with Crippen molar-refractivity contribution in [3.8, 4) is 0 Å². The number of aliphatic hydroxyl groups excluding tert-OH is 1. The minimum atomic E-state index is -5.10. The Balaban J connectivity index is 1.28. The van der Waals surface area contributed by atoms with Crippen LogP contribution in [-0.4, -0.2) is 71.9 Å². The third kappa shape index (κ3) is 4.21. The van der Waals surface area contributed by atoms with Crippen molar-refractivity contribution in [3.63, 3.8) is 0 Å². The van der Waals surface area contributed by atoms with Gasteiger partial charge in [-0.3, -0.25) is 4.79 Å². The molecule has 0 aromatic heterocycles. The first kappa shape index (κ1) is 29.1. The van der Waals surface area contributed by atoms with E-state index in [2.05, 4.69) is 19.2 Å². The van der Waals surface area contributed by atoms with Gasteiger partial charge in [-0.05, 0) is 56.8 Å². The number of aliphatic hydroxyl groups is 1. The van der Waals surface area contributed by atoms with Crippen molar-refractivity contribution in [2.75, 3.05) is 20.2 Å². The Labute approximate surface area is 251 Å². The highest BCUT2D eigenvalue weighted by Crippen LogP contribution is 2.68. The number of halogens is 3. The van der Waals surface area contributed by atoms with Gasteiger partial charge in [-0.25, -0.2) is 0 Å². The lowest BCUT2D eigenvalue weighted by Crippen LogP contribution is -2.72. The van der Waals surface area contributed by atoms with Crippen LogP contribution in [-0.2, 0) is 14.3 Å². The van der Waals surface area contributed by atoms with Gasteiger partial charge in [0.05, 0.1) is 31.3 Å². The topological polar surface area (TPSA) is 67.8 Å². The highest BCUT2D eigenvalue weighted by molar-refractivity contribution is 6.01. The van der Waals surface area contributed by atoms with Crippen LogP contribution in [0.25, 0.3) is 5.76 Å². The number of carbonyl (C=O) groups is 1. The van der Waals surface area contributed by atoms with E-state index in [4.69, 9.17) is 9.47 Å². The molecule has 9 heteroatoms. The Morgan fingerprint density at radius 1 is 1.19 bits per heavy atom. The Hall–Kier alpha value is -2.62. The van der Waals surface area contributed by atoms with E-state index in [0.717, 1.165) is 54.6 Å². The second-order valence-corrected chi connectivity index (χ2v) is 14.0. The maximum Gasteiger partial charge on any atom is 0.425 e. The second-order valence-electron chi connectivity index (χ2n) is 14.0. The number of methoxy groups -OCH3 is 1. The van der Waals surface area contributed by atoms with E-state index in [1.54, 1.807) is 12.1 Å². The number of benzene rings is 1. The summed E-state index contributed by atoms with van der Waals surface area (Å²) in [6.45, 7) is 7.04. The fourth-order valence-electron chi connectivity index (χ4n) is 9.71. The highest BCUT2D eigenvalue weighted by atomic mass is 19.4. The maximum atomic E-state index is 14.3. The third-order valence-electron chi connectivity index (χ3n) is 11.8. The lowest BCUT2D eigenvalue weighted by Gasteiger charge is -2.64. The number of likely N-dealkylation sites (tertiary alicyclic amines) is 1. The van der Waals surface area contributed by atoms with Gasteiger partial charge in [-0.1, -0.05) is 42.8 Å². The fourth-order valence-corrected chi connectivity index (χ4v) is 9.71. The Kier molecular flexibility index (Phi) is 6.73. The molecular formula is C34H42F3N2O4+. The number of nitrogens with zero attached hydrogens (tertiary/aromatic N) is 1. The smallest absolute Gasteiger partial charge is 0.425 e. The number of rotatable bonds is 7. The Morgan fingerprint density at radius 3 is 2.58 bits per heavy atom. The van der Waals surface area contributed by atoms with Gasteiger partial charge in [-0.15, -0.1) is 0 Å². The normalized spacial score (nSPS) is 38.6. The van der Waals surface area contributed by atoms with E-state index in [0.29, 0.717) is 18.0 Å². The van der Waals surface area contributed by atoms with Gasteiger partial charge in [0.2, 0.25) is 0 Å². The predicted octanol–water partition coefficient (Wildman–Crippen LogP) is 6.21. The molecule has 0 radical (unpaired) electrons. The summed E-state index contributed by atoms with van der Waals surface area (Å²) in [4.78, 5) is 13.5. The summed E-state index contributed by atoms with van der Waals surface area (Å²) in [5.41, 5.74) is -1.26. The predicted molar refractivity (Wildman–Crippen MR) is 155 cm³/mol. The molecule has 2 saturated heterocycles. The van der Waals surface area contributed by atoms with Crippen molar-refractivity contribution in [2.24, 2.45) is 17.3 Å². The van der Waals surface area contributed by atoms with Crippen molar-refractivity contribution in [1.82, 2.24) is 5.32 Å². The number of allylic oxidation sites excluding steroid dienone is 1. The van der Waals surface area contributed by atoms with Gasteiger partial charge in [0.15, 0.2) is 11.3 Å². The molecule has 2 saturated carbocycles. The average molecular weight is 600 g/mol. The summed E-state index contributed by atoms with van der Waals surface area (Å²) in [6.07, 6.45) is 5.34. The van der Waals surface area contributed by atoms with Gasteiger partial charge < -0.3 is 24.4 Å². The SMILES string of the molecule is COC1(NC(=O)C(=C(O)c2ccccc2)C(F)(F)F)C=CC2=C3C1O[C@H]1CCC[C@H]4[C@@H](C2)[N+](CC2CC2)(C(C)C)CC[C@]314. The summed E-state index contributed by atoms with van der Waals surface area (Å²) in [5, 5.41) is 13.3. The van der Waals surface area contributed by atoms with Crippen LogP contribution < -0.4 is 5.32 Å². The number of hydrogen-bond donors (Lipinski definition) is 2. The molecule has 6 nitrogen and oxygen atoms in total. The van der Waals surface area contributed by atoms with Gasteiger partial charge in [-0.2, -0.15) is 13.2 Å². The average Bonchev–Trinajstić information content (AvgIpc) is 3.72. The lowest BCUT2D eigenvalue weighted by molar-refractivity contribution is -0.982. The molecule has 2 bridgehead atoms. The molecule has 4 aliphatic carbocycles. The molecule has 1 aromatic carbocycles.